The summed E-state index contributed by atoms with van der Waals surface area (Å²) in [5.41, 5.74) is 10.2. The van der Waals surface area contributed by atoms with Gasteiger partial charge in [0.25, 0.3) is 0 Å². The fourth-order valence-electron chi connectivity index (χ4n) is 3.69. The number of rotatable bonds is 7. The SMILES string of the molecule is CC(C)Cc1ccc(OC(N)=O)cc1Cc1nn(-c2ccc(-c3cn[nH]c3)cc2)ccc1=O. The van der Waals surface area contributed by atoms with Crippen LogP contribution < -0.4 is 15.9 Å². The van der Waals surface area contributed by atoms with Crippen LogP contribution in [0.2, 0.25) is 0 Å². The lowest BCUT2D eigenvalue weighted by Gasteiger charge is -2.14. The van der Waals surface area contributed by atoms with Crippen LogP contribution in [0.4, 0.5) is 4.79 Å². The molecule has 8 heteroatoms. The number of primary amides is 1. The van der Waals surface area contributed by atoms with Crippen LogP contribution in [0, 0.1) is 5.92 Å². The maximum absolute atomic E-state index is 12.6. The summed E-state index contributed by atoms with van der Waals surface area (Å²) in [5, 5.41) is 11.4. The Morgan fingerprint density at radius 3 is 2.55 bits per heavy atom. The molecular weight excluding hydrogens is 418 g/mol. The number of aromatic nitrogens is 4. The third kappa shape index (κ3) is 5.35. The number of amides is 1. The Labute approximate surface area is 191 Å². The van der Waals surface area contributed by atoms with E-state index < -0.39 is 6.09 Å². The number of benzene rings is 2. The van der Waals surface area contributed by atoms with Crippen molar-refractivity contribution in [1.29, 1.82) is 0 Å². The highest BCUT2D eigenvalue weighted by molar-refractivity contribution is 5.68. The van der Waals surface area contributed by atoms with Crippen molar-refractivity contribution in [3.8, 4) is 22.6 Å². The van der Waals surface area contributed by atoms with Gasteiger partial charge in [0.15, 0.2) is 0 Å². The second-order valence-electron chi connectivity index (χ2n) is 8.23. The van der Waals surface area contributed by atoms with Gasteiger partial charge in [-0.3, -0.25) is 9.89 Å². The minimum absolute atomic E-state index is 0.155. The number of nitrogens with two attached hydrogens (primary N) is 1. The largest absolute Gasteiger partial charge is 0.410 e. The minimum atomic E-state index is -0.878. The highest BCUT2D eigenvalue weighted by atomic mass is 16.5. The predicted octanol–water partition coefficient (Wildman–Crippen LogP) is 3.87. The number of hydrogen-bond acceptors (Lipinski definition) is 5. The average molecular weight is 444 g/mol. The quantitative estimate of drug-likeness (QED) is 0.450. The molecule has 0 bridgehead atoms. The molecule has 0 aliphatic rings. The van der Waals surface area contributed by atoms with Gasteiger partial charge in [-0.2, -0.15) is 10.2 Å². The first-order chi connectivity index (χ1) is 15.9. The van der Waals surface area contributed by atoms with Crippen molar-refractivity contribution in [1.82, 2.24) is 20.0 Å². The second-order valence-corrected chi connectivity index (χ2v) is 8.23. The van der Waals surface area contributed by atoms with Gasteiger partial charge in [0.1, 0.15) is 11.4 Å². The first kappa shape index (κ1) is 22.0. The van der Waals surface area contributed by atoms with Crippen molar-refractivity contribution < 1.29 is 9.53 Å². The Hall–Kier alpha value is -4.20. The predicted molar refractivity (Wildman–Crippen MR) is 125 cm³/mol. The molecule has 2 aromatic carbocycles. The fraction of sp³-hybridized carbons (Fsp3) is 0.200. The topological polar surface area (TPSA) is 116 Å². The fourth-order valence-corrected chi connectivity index (χ4v) is 3.69. The Balaban J connectivity index is 1.65. The zero-order valence-electron chi connectivity index (χ0n) is 18.5. The average Bonchev–Trinajstić information content (AvgIpc) is 3.31. The monoisotopic (exact) mass is 443 g/mol. The lowest BCUT2D eigenvalue weighted by molar-refractivity contribution is 0.211. The van der Waals surface area contributed by atoms with Gasteiger partial charge in [-0.15, -0.1) is 0 Å². The van der Waals surface area contributed by atoms with E-state index in [-0.39, 0.29) is 5.43 Å². The smallest absolute Gasteiger partial charge is 0.409 e. The number of aromatic amines is 1. The van der Waals surface area contributed by atoms with Crippen LogP contribution in [-0.4, -0.2) is 26.1 Å². The molecule has 0 saturated heterocycles. The van der Waals surface area contributed by atoms with Gasteiger partial charge in [0.2, 0.25) is 5.43 Å². The van der Waals surface area contributed by atoms with Crippen molar-refractivity contribution in [2.24, 2.45) is 11.7 Å². The molecule has 0 saturated carbocycles. The number of carbonyl (C=O) groups excluding carboxylic acids is 1. The Kier molecular flexibility index (Phi) is 6.35. The van der Waals surface area contributed by atoms with E-state index in [0.717, 1.165) is 34.4 Å². The highest BCUT2D eigenvalue weighted by Crippen LogP contribution is 2.23. The molecule has 168 valence electrons. The van der Waals surface area contributed by atoms with Crippen LogP contribution >= 0.6 is 0 Å². The van der Waals surface area contributed by atoms with Gasteiger partial charge in [-0.1, -0.05) is 32.0 Å². The van der Waals surface area contributed by atoms with Gasteiger partial charge < -0.3 is 10.5 Å². The van der Waals surface area contributed by atoms with Gasteiger partial charge in [-0.25, -0.2) is 9.48 Å². The van der Waals surface area contributed by atoms with E-state index in [9.17, 15) is 9.59 Å². The van der Waals surface area contributed by atoms with Gasteiger partial charge in [0.05, 0.1) is 11.9 Å². The molecule has 0 radical (unpaired) electrons. The lowest BCUT2D eigenvalue weighted by atomic mass is 9.95. The van der Waals surface area contributed by atoms with Crippen LogP contribution in [0.15, 0.2) is 71.9 Å². The van der Waals surface area contributed by atoms with Crippen molar-refractivity contribution in [3.63, 3.8) is 0 Å². The van der Waals surface area contributed by atoms with Crippen LogP contribution in [0.1, 0.15) is 30.7 Å². The molecule has 2 heterocycles. The standard InChI is InChI=1S/C25H25N5O3/c1-16(2)11-18-5-8-22(33-25(26)32)12-19(18)13-23-24(31)9-10-30(29-23)21-6-3-17(4-7-21)20-14-27-28-15-20/h3-10,12,14-16H,11,13H2,1-2H3,(H2,26,32)(H,27,28). The van der Waals surface area contributed by atoms with E-state index in [2.05, 4.69) is 29.1 Å². The van der Waals surface area contributed by atoms with Crippen LogP contribution in [0.25, 0.3) is 16.8 Å². The van der Waals surface area contributed by atoms with Gasteiger partial charge in [0, 0.05) is 30.4 Å². The van der Waals surface area contributed by atoms with E-state index >= 15 is 0 Å². The van der Waals surface area contributed by atoms with E-state index in [0.29, 0.717) is 23.8 Å². The molecule has 4 aromatic rings. The van der Waals surface area contributed by atoms with Gasteiger partial charge >= 0.3 is 6.09 Å². The Morgan fingerprint density at radius 2 is 1.88 bits per heavy atom. The molecule has 0 spiro atoms. The molecule has 8 nitrogen and oxygen atoms in total. The molecule has 0 aliphatic carbocycles. The van der Waals surface area contributed by atoms with Crippen LogP contribution in [-0.2, 0) is 12.8 Å². The lowest BCUT2D eigenvalue weighted by Crippen LogP contribution is -2.18. The summed E-state index contributed by atoms with van der Waals surface area (Å²) in [6.45, 7) is 4.25. The molecule has 0 unspecified atom stereocenters. The van der Waals surface area contributed by atoms with Crippen molar-refractivity contribution in [2.75, 3.05) is 0 Å². The number of nitrogens with one attached hydrogen (secondary N) is 1. The van der Waals surface area contributed by atoms with Crippen LogP contribution in [0.5, 0.6) is 5.75 Å². The van der Waals surface area contributed by atoms with Gasteiger partial charge in [-0.05, 0) is 53.3 Å². The first-order valence-electron chi connectivity index (χ1n) is 10.7. The number of ether oxygens (including phenoxy) is 1. The number of H-pyrrole nitrogens is 1. The van der Waals surface area contributed by atoms with Crippen LogP contribution in [0.3, 0.4) is 0 Å². The Bertz CT molecular complexity index is 1310. The summed E-state index contributed by atoms with van der Waals surface area (Å²) in [7, 11) is 0. The van der Waals surface area contributed by atoms with E-state index in [1.807, 2.05) is 36.5 Å². The summed E-state index contributed by atoms with van der Waals surface area (Å²) in [6, 6.07) is 14.7. The number of nitrogens with zero attached hydrogens (tertiary/aromatic N) is 3. The summed E-state index contributed by atoms with van der Waals surface area (Å²) in [6.07, 6.45) is 5.50. The molecular formula is C25H25N5O3. The third-order valence-electron chi connectivity index (χ3n) is 5.23. The third-order valence-corrected chi connectivity index (χ3v) is 5.23. The molecule has 4 rings (SSSR count). The summed E-state index contributed by atoms with van der Waals surface area (Å²) in [4.78, 5) is 23.8. The highest BCUT2D eigenvalue weighted by Gasteiger charge is 2.13. The summed E-state index contributed by atoms with van der Waals surface area (Å²) in [5.74, 6) is 0.761. The zero-order chi connectivity index (χ0) is 23.4. The second kappa shape index (κ2) is 9.52. The molecule has 2 aromatic heterocycles. The van der Waals surface area contributed by atoms with E-state index in [1.54, 1.807) is 29.2 Å². The number of hydrogen-bond donors (Lipinski definition) is 2. The molecule has 0 aliphatic heterocycles. The van der Waals surface area contributed by atoms with Crippen molar-refractivity contribution >= 4 is 6.09 Å². The first-order valence-corrected chi connectivity index (χ1v) is 10.7. The molecule has 1 amide bonds. The summed E-state index contributed by atoms with van der Waals surface area (Å²) >= 11 is 0. The van der Waals surface area contributed by atoms with Crippen molar-refractivity contribution in [2.45, 2.75) is 26.7 Å². The van der Waals surface area contributed by atoms with E-state index in [1.165, 1.54) is 6.07 Å². The zero-order valence-corrected chi connectivity index (χ0v) is 18.5. The summed E-state index contributed by atoms with van der Waals surface area (Å²) < 4.78 is 6.73. The normalized spacial score (nSPS) is 11.0. The minimum Gasteiger partial charge on any atom is -0.410 e. The van der Waals surface area contributed by atoms with Crippen molar-refractivity contribution in [3.05, 3.63) is 94.2 Å². The molecule has 3 N–H and O–H groups in total. The number of carbonyl (C=O) groups is 1. The molecule has 0 atom stereocenters. The van der Waals surface area contributed by atoms with E-state index in [4.69, 9.17) is 10.5 Å². The Morgan fingerprint density at radius 1 is 1.09 bits per heavy atom. The maximum atomic E-state index is 12.6. The maximum Gasteiger partial charge on any atom is 0.409 e. The molecule has 0 fully saturated rings. The molecule has 33 heavy (non-hydrogen) atoms.